The van der Waals surface area contributed by atoms with Crippen LogP contribution in [0.3, 0.4) is 0 Å². The maximum absolute atomic E-state index is 9.70. The van der Waals surface area contributed by atoms with E-state index in [-0.39, 0.29) is 18.1 Å². The second-order valence-electron chi connectivity index (χ2n) is 5.92. The second-order valence-corrected chi connectivity index (χ2v) is 5.92. The number of nitrogens with one attached hydrogen (secondary N) is 1. The standard InChI is InChI=1S/C16H25NO/c1-12(2)13-5-7-14(8-6-13)15(17-3)16(11-18)9-4-10-16/h5-8,12,15,17-18H,4,9-11H2,1-3H3. The molecule has 1 saturated carbocycles. The van der Waals surface area contributed by atoms with Crippen molar-refractivity contribution in [2.75, 3.05) is 13.7 Å². The molecular weight excluding hydrogens is 222 g/mol. The Kier molecular flexibility index (Phi) is 4.08. The summed E-state index contributed by atoms with van der Waals surface area (Å²) in [5.74, 6) is 0.572. The summed E-state index contributed by atoms with van der Waals surface area (Å²) in [6.45, 7) is 4.71. The summed E-state index contributed by atoms with van der Waals surface area (Å²) >= 11 is 0. The molecule has 0 heterocycles. The number of hydrogen-bond donors (Lipinski definition) is 2. The van der Waals surface area contributed by atoms with E-state index < -0.39 is 0 Å². The maximum Gasteiger partial charge on any atom is 0.0505 e. The van der Waals surface area contributed by atoms with Gasteiger partial charge in [0.25, 0.3) is 0 Å². The van der Waals surface area contributed by atoms with Crippen LogP contribution in [0.1, 0.15) is 56.2 Å². The van der Waals surface area contributed by atoms with Crippen molar-refractivity contribution in [3.8, 4) is 0 Å². The average molecular weight is 247 g/mol. The summed E-state index contributed by atoms with van der Waals surface area (Å²) in [5, 5.41) is 13.1. The summed E-state index contributed by atoms with van der Waals surface area (Å²) in [7, 11) is 2.00. The van der Waals surface area contributed by atoms with Crippen LogP contribution < -0.4 is 5.32 Å². The summed E-state index contributed by atoms with van der Waals surface area (Å²) in [5.41, 5.74) is 2.74. The van der Waals surface area contributed by atoms with Crippen LogP contribution >= 0.6 is 0 Å². The molecule has 1 unspecified atom stereocenters. The number of rotatable bonds is 5. The molecule has 0 spiro atoms. The van der Waals surface area contributed by atoms with Crippen LogP contribution in [0.4, 0.5) is 0 Å². The van der Waals surface area contributed by atoms with Crippen molar-refractivity contribution in [1.29, 1.82) is 0 Å². The minimum Gasteiger partial charge on any atom is -0.396 e. The Morgan fingerprint density at radius 2 is 1.72 bits per heavy atom. The summed E-state index contributed by atoms with van der Waals surface area (Å²) < 4.78 is 0. The number of benzene rings is 1. The number of aliphatic hydroxyl groups is 1. The minimum absolute atomic E-state index is 0.0636. The fourth-order valence-corrected chi connectivity index (χ4v) is 3.07. The number of hydrogen-bond acceptors (Lipinski definition) is 2. The van der Waals surface area contributed by atoms with Crippen LogP contribution in [-0.4, -0.2) is 18.8 Å². The van der Waals surface area contributed by atoms with Crippen molar-refractivity contribution in [2.45, 2.75) is 45.1 Å². The molecule has 0 aliphatic heterocycles. The van der Waals surface area contributed by atoms with E-state index in [4.69, 9.17) is 0 Å². The third-order valence-corrected chi connectivity index (χ3v) is 4.50. The molecule has 0 bridgehead atoms. The Bertz CT molecular complexity index is 373. The lowest BCUT2D eigenvalue weighted by Gasteiger charge is -2.46. The minimum atomic E-state index is 0.0636. The highest BCUT2D eigenvalue weighted by Crippen LogP contribution is 2.49. The predicted molar refractivity (Wildman–Crippen MR) is 75.7 cm³/mol. The predicted octanol–water partition coefficient (Wildman–Crippen LogP) is 3.23. The van der Waals surface area contributed by atoms with Crippen molar-refractivity contribution >= 4 is 0 Å². The SMILES string of the molecule is CNC(c1ccc(C(C)C)cc1)C1(CO)CCC1. The molecule has 2 heteroatoms. The molecule has 1 aliphatic carbocycles. The van der Waals surface area contributed by atoms with Gasteiger partial charge >= 0.3 is 0 Å². The summed E-state index contributed by atoms with van der Waals surface area (Å²) in [6, 6.07) is 9.14. The zero-order valence-corrected chi connectivity index (χ0v) is 11.7. The molecule has 1 aliphatic rings. The van der Waals surface area contributed by atoms with Crippen LogP contribution in [0.15, 0.2) is 24.3 Å². The lowest BCUT2D eigenvalue weighted by molar-refractivity contribution is 0.00782. The van der Waals surface area contributed by atoms with Crippen molar-refractivity contribution in [3.05, 3.63) is 35.4 Å². The van der Waals surface area contributed by atoms with Crippen molar-refractivity contribution < 1.29 is 5.11 Å². The van der Waals surface area contributed by atoms with Gasteiger partial charge in [0.2, 0.25) is 0 Å². The highest BCUT2D eigenvalue weighted by atomic mass is 16.3. The Hall–Kier alpha value is -0.860. The first-order valence-corrected chi connectivity index (χ1v) is 7.01. The quantitative estimate of drug-likeness (QED) is 0.837. The van der Waals surface area contributed by atoms with Gasteiger partial charge in [0, 0.05) is 11.5 Å². The lowest BCUT2D eigenvalue weighted by atomic mass is 9.63. The molecule has 0 radical (unpaired) electrons. The molecule has 1 fully saturated rings. The summed E-state index contributed by atoms with van der Waals surface area (Å²) in [6.07, 6.45) is 3.49. The van der Waals surface area contributed by atoms with Gasteiger partial charge in [-0.3, -0.25) is 0 Å². The fourth-order valence-electron chi connectivity index (χ4n) is 3.07. The Morgan fingerprint density at radius 3 is 2.06 bits per heavy atom. The highest BCUT2D eigenvalue weighted by Gasteiger charge is 2.43. The first-order chi connectivity index (χ1) is 8.63. The second kappa shape index (κ2) is 5.41. The average Bonchev–Trinajstić information content (AvgIpc) is 2.34. The smallest absolute Gasteiger partial charge is 0.0505 e. The topological polar surface area (TPSA) is 32.3 Å². The molecule has 18 heavy (non-hydrogen) atoms. The molecule has 1 aromatic carbocycles. The van der Waals surface area contributed by atoms with Gasteiger partial charge in [-0.2, -0.15) is 0 Å². The van der Waals surface area contributed by atoms with Gasteiger partial charge in [-0.25, -0.2) is 0 Å². The van der Waals surface area contributed by atoms with Gasteiger partial charge in [0.1, 0.15) is 0 Å². The van der Waals surface area contributed by atoms with Gasteiger partial charge in [-0.1, -0.05) is 44.5 Å². The zero-order valence-electron chi connectivity index (χ0n) is 11.7. The Labute approximate surface area is 110 Å². The molecule has 2 N–H and O–H groups in total. The van der Waals surface area contributed by atoms with Crippen LogP contribution in [-0.2, 0) is 0 Å². The Morgan fingerprint density at radius 1 is 1.17 bits per heavy atom. The van der Waals surface area contributed by atoms with Crippen molar-refractivity contribution in [1.82, 2.24) is 5.32 Å². The highest BCUT2D eigenvalue weighted by molar-refractivity contribution is 5.28. The van der Waals surface area contributed by atoms with E-state index in [1.54, 1.807) is 0 Å². The molecule has 2 nitrogen and oxygen atoms in total. The van der Waals surface area contributed by atoms with Crippen LogP contribution in [0, 0.1) is 5.41 Å². The monoisotopic (exact) mass is 247 g/mol. The van der Waals surface area contributed by atoms with Gasteiger partial charge < -0.3 is 10.4 Å². The molecule has 1 atom stereocenters. The van der Waals surface area contributed by atoms with Gasteiger partial charge in [-0.05, 0) is 36.9 Å². The van der Waals surface area contributed by atoms with Crippen LogP contribution in [0.25, 0.3) is 0 Å². The van der Waals surface area contributed by atoms with Crippen molar-refractivity contribution in [2.24, 2.45) is 5.41 Å². The number of aliphatic hydroxyl groups excluding tert-OH is 1. The summed E-state index contributed by atoms with van der Waals surface area (Å²) in [4.78, 5) is 0. The van der Waals surface area contributed by atoms with E-state index in [0.717, 1.165) is 12.8 Å². The van der Waals surface area contributed by atoms with E-state index >= 15 is 0 Å². The van der Waals surface area contributed by atoms with Crippen LogP contribution in [0.2, 0.25) is 0 Å². The molecule has 0 aromatic heterocycles. The van der Waals surface area contributed by atoms with E-state index in [0.29, 0.717) is 5.92 Å². The van der Waals surface area contributed by atoms with E-state index in [2.05, 4.69) is 43.4 Å². The normalized spacial score (nSPS) is 19.6. The van der Waals surface area contributed by atoms with Gasteiger partial charge in [0.15, 0.2) is 0 Å². The van der Waals surface area contributed by atoms with Gasteiger partial charge in [0.05, 0.1) is 6.61 Å². The molecule has 2 rings (SSSR count). The Balaban J connectivity index is 2.22. The third kappa shape index (κ3) is 2.32. The zero-order chi connectivity index (χ0) is 13.2. The van der Waals surface area contributed by atoms with Crippen molar-refractivity contribution in [3.63, 3.8) is 0 Å². The lowest BCUT2D eigenvalue weighted by Crippen LogP contribution is -2.44. The molecule has 1 aromatic rings. The third-order valence-electron chi connectivity index (χ3n) is 4.50. The molecule has 100 valence electrons. The molecule has 0 amide bonds. The maximum atomic E-state index is 9.70. The van der Waals surface area contributed by atoms with E-state index in [1.807, 2.05) is 7.05 Å². The van der Waals surface area contributed by atoms with E-state index in [9.17, 15) is 5.11 Å². The largest absolute Gasteiger partial charge is 0.396 e. The van der Waals surface area contributed by atoms with Crippen LogP contribution in [0.5, 0.6) is 0 Å². The fraction of sp³-hybridized carbons (Fsp3) is 0.625. The first kappa shape index (κ1) is 13.6. The van der Waals surface area contributed by atoms with E-state index in [1.165, 1.54) is 17.5 Å². The first-order valence-electron chi connectivity index (χ1n) is 7.01. The molecule has 0 saturated heterocycles. The molecular formula is C16H25NO. The van der Waals surface area contributed by atoms with Gasteiger partial charge in [-0.15, -0.1) is 0 Å².